The first-order valence-corrected chi connectivity index (χ1v) is 5.83. The van der Waals surface area contributed by atoms with Crippen LogP contribution in [-0.4, -0.2) is 40.8 Å². The van der Waals surface area contributed by atoms with Gasteiger partial charge in [0.1, 0.15) is 0 Å². The van der Waals surface area contributed by atoms with E-state index in [9.17, 15) is 4.79 Å². The molecule has 0 saturated carbocycles. The quantitative estimate of drug-likeness (QED) is 0.756. The van der Waals surface area contributed by atoms with Crippen LogP contribution in [0, 0.1) is 0 Å². The van der Waals surface area contributed by atoms with Gasteiger partial charge in [0, 0.05) is 19.7 Å². The Labute approximate surface area is 101 Å². The standard InChI is InChI=1S/C13H19NO3/c1-2-14(8-5-9-15)10-11-6-3-4-7-12(11)13(16)17/h3-4,6-7,15H,2,5,8-10H2,1H3,(H,16,17). The molecule has 0 amide bonds. The molecule has 94 valence electrons. The van der Waals surface area contributed by atoms with Crippen LogP contribution in [0.1, 0.15) is 29.3 Å². The summed E-state index contributed by atoms with van der Waals surface area (Å²) in [6, 6.07) is 7.04. The van der Waals surface area contributed by atoms with Gasteiger partial charge in [0.2, 0.25) is 0 Å². The monoisotopic (exact) mass is 237 g/mol. The Bertz CT molecular complexity index is 365. The number of carbonyl (C=O) groups is 1. The molecule has 1 aromatic carbocycles. The van der Waals surface area contributed by atoms with Gasteiger partial charge >= 0.3 is 5.97 Å². The fourth-order valence-corrected chi connectivity index (χ4v) is 1.75. The molecule has 4 heteroatoms. The molecule has 0 bridgehead atoms. The first-order valence-electron chi connectivity index (χ1n) is 5.83. The lowest BCUT2D eigenvalue weighted by atomic mass is 10.1. The topological polar surface area (TPSA) is 60.8 Å². The van der Waals surface area contributed by atoms with Crippen molar-refractivity contribution in [2.45, 2.75) is 19.9 Å². The van der Waals surface area contributed by atoms with Crippen molar-refractivity contribution in [2.24, 2.45) is 0 Å². The Morgan fingerprint density at radius 1 is 1.35 bits per heavy atom. The number of hydrogen-bond donors (Lipinski definition) is 2. The van der Waals surface area contributed by atoms with E-state index in [0.717, 1.165) is 18.7 Å². The molecule has 0 radical (unpaired) electrons. The number of benzene rings is 1. The maximum Gasteiger partial charge on any atom is 0.336 e. The lowest BCUT2D eigenvalue weighted by Gasteiger charge is -2.20. The van der Waals surface area contributed by atoms with Crippen LogP contribution in [0.5, 0.6) is 0 Å². The van der Waals surface area contributed by atoms with Crippen molar-refractivity contribution >= 4 is 5.97 Å². The average molecular weight is 237 g/mol. The van der Waals surface area contributed by atoms with Crippen molar-refractivity contribution in [3.8, 4) is 0 Å². The third-order valence-corrected chi connectivity index (χ3v) is 2.72. The van der Waals surface area contributed by atoms with Crippen LogP contribution in [0.25, 0.3) is 0 Å². The highest BCUT2D eigenvalue weighted by molar-refractivity contribution is 5.89. The van der Waals surface area contributed by atoms with Crippen LogP contribution >= 0.6 is 0 Å². The highest BCUT2D eigenvalue weighted by atomic mass is 16.4. The van der Waals surface area contributed by atoms with E-state index >= 15 is 0 Å². The molecule has 0 fully saturated rings. The Balaban J connectivity index is 2.75. The van der Waals surface area contributed by atoms with Gasteiger partial charge < -0.3 is 10.2 Å². The Morgan fingerprint density at radius 2 is 2.06 bits per heavy atom. The van der Waals surface area contributed by atoms with Gasteiger partial charge in [0.05, 0.1) is 5.56 Å². The molecule has 17 heavy (non-hydrogen) atoms. The summed E-state index contributed by atoms with van der Waals surface area (Å²) in [7, 11) is 0. The predicted molar refractivity (Wildman–Crippen MR) is 66.1 cm³/mol. The van der Waals surface area contributed by atoms with Crippen molar-refractivity contribution in [1.82, 2.24) is 4.90 Å². The molecule has 0 aliphatic heterocycles. The number of aliphatic hydroxyl groups is 1. The predicted octanol–water partition coefficient (Wildman–Crippen LogP) is 1.59. The zero-order valence-corrected chi connectivity index (χ0v) is 10.1. The Hall–Kier alpha value is -1.39. The van der Waals surface area contributed by atoms with E-state index in [1.807, 2.05) is 19.1 Å². The Kier molecular flexibility index (Phi) is 5.66. The van der Waals surface area contributed by atoms with Crippen molar-refractivity contribution in [3.05, 3.63) is 35.4 Å². The average Bonchev–Trinajstić information content (AvgIpc) is 2.34. The van der Waals surface area contributed by atoms with Crippen LogP contribution < -0.4 is 0 Å². The summed E-state index contributed by atoms with van der Waals surface area (Å²) >= 11 is 0. The maximum absolute atomic E-state index is 11.0. The number of carboxylic acids is 1. The molecule has 0 unspecified atom stereocenters. The summed E-state index contributed by atoms with van der Waals surface area (Å²) in [6.07, 6.45) is 0.711. The molecule has 0 heterocycles. The van der Waals surface area contributed by atoms with Gasteiger partial charge in [0.25, 0.3) is 0 Å². The van der Waals surface area contributed by atoms with E-state index in [0.29, 0.717) is 18.5 Å². The molecule has 1 rings (SSSR count). The van der Waals surface area contributed by atoms with Gasteiger partial charge in [-0.3, -0.25) is 4.90 Å². The number of nitrogens with zero attached hydrogens (tertiary/aromatic N) is 1. The van der Waals surface area contributed by atoms with Crippen LogP contribution in [0.3, 0.4) is 0 Å². The van der Waals surface area contributed by atoms with Crippen LogP contribution in [0.15, 0.2) is 24.3 Å². The lowest BCUT2D eigenvalue weighted by molar-refractivity contribution is 0.0694. The van der Waals surface area contributed by atoms with Crippen LogP contribution in [0.4, 0.5) is 0 Å². The van der Waals surface area contributed by atoms with E-state index in [4.69, 9.17) is 10.2 Å². The molecule has 0 aliphatic rings. The minimum atomic E-state index is -0.890. The SMILES string of the molecule is CCN(CCCO)Cc1ccccc1C(=O)O. The second-order valence-electron chi connectivity index (χ2n) is 3.91. The highest BCUT2D eigenvalue weighted by Gasteiger charge is 2.11. The van der Waals surface area contributed by atoms with Crippen molar-refractivity contribution in [2.75, 3.05) is 19.7 Å². The summed E-state index contributed by atoms with van der Waals surface area (Å²) in [6.45, 7) is 4.42. The van der Waals surface area contributed by atoms with Gasteiger partial charge in [0.15, 0.2) is 0 Å². The second-order valence-corrected chi connectivity index (χ2v) is 3.91. The lowest BCUT2D eigenvalue weighted by Crippen LogP contribution is -2.25. The minimum absolute atomic E-state index is 0.164. The third kappa shape index (κ3) is 4.17. The van der Waals surface area contributed by atoms with E-state index in [1.54, 1.807) is 12.1 Å². The molecule has 0 atom stereocenters. The van der Waals surface area contributed by atoms with Gasteiger partial charge in [-0.25, -0.2) is 4.79 Å². The third-order valence-electron chi connectivity index (χ3n) is 2.72. The number of hydrogen-bond acceptors (Lipinski definition) is 3. The smallest absolute Gasteiger partial charge is 0.336 e. The number of rotatable bonds is 7. The Morgan fingerprint density at radius 3 is 2.65 bits per heavy atom. The highest BCUT2D eigenvalue weighted by Crippen LogP contribution is 2.12. The molecule has 0 aliphatic carbocycles. The molecule has 2 N–H and O–H groups in total. The van der Waals surface area contributed by atoms with Gasteiger partial charge in [-0.1, -0.05) is 25.1 Å². The fraction of sp³-hybridized carbons (Fsp3) is 0.462. The largest absolute Gasteiger partial charge is 0.478 e. The summed E-state index contributed by atoms with van der Waals surface area (Å²) in [5, 5.41) is 17.9. The first-order chi connectivity index (χ1) is 8.19. The zero-order chi connectivity index (χ0) is 12.7. The molecular formula is C13H19NO3. The summed E-state index contributed by atoms with van der Waals surface area (Å²) < 4.78 is 0. The van der Waals surface area contributed by atoms with E-state index in [2.05, 4.69) is 4.90 Å². The molecule has 0 spiro atoms. The van der Waals surface area contributed by atoms with Crippen molar-refractivity contribution in [1.29, 1.82) is 0 Å². The number of carboxylic acid groups (broad SMARTS) is 1. The fourth-order valence-electron chi connectivity index (χ4n) is 1.75. The molecule has 4 nitrogen and oxygen atoms in total. The molecule has 0 saturated heterocycles. The maximum atomic E-state index is 11.0. The number of aliphatic hydroxyl groups excluding tert-OH is 1. The van der Waals surface area contributed by atoms with Crippen molar-refractivity contribution in [3.63, 3.8) is 0 Å². The van der Waals surface area contributed by atoms with Gasteiger partial charge in [-0.2, -0.15) is 0 Å². The van der Waals surface area contributed by atoms with E-state index < -0.39 is 5.97 Å². The molecule has 0 aromatic heterocycles. The van der Waals surface area contributed by atoms with Gasteiger partial charge in [-0.15, -0.1) is 0 Å². The van der Waals surface area contributed by atoms with Gasteiger partial charge in [-0.05, 0) is 24.6 Å². The number of aromatic carboxylic acids is 1. The summed E-state index contributed by atoms with van der Waals surface area (Å²) in [4.78, 5) is 13.2. The van der Waals surface area contributed by atoms with Crippen LogP contribution in [0.2, 0.25) is 0 Å². The van der Waals surface area contributed by atoms with E-state index in [-0.39, 0.29) is 6.61 Å². The normalized spacial score (nSPS) is 10.8. The van der Waals surface area contributed by atoms with E-state index in [1.165, 1.54) is 0 Å². The minimum Gasteiger partial charge on any atom is -0.478 e. The van der Waals surface area contributed by atoms with Crippen molar-refractivity contribution < 1.29 is 15.0 Å². The summed E-state index contributed by atoms with van der Waals surface area (Å²) in [5.41, 5.74) is 1.18. The zero-order valence-electron chi connectivity index (χ0n) is 10.1. The summed E-state index contributed by atoms with van der Waals surface area (Å²) in [5.74, 6) is -0.890. The van der Waals surface area contributed by atoms with Crippen LogP contribution in [-0.2, 0) is 6.54 Å². The first kappa shape index (κ1) is 13.7. The molecular weight excluding hydrogens is 218 g/mol. The molecule has 1 aromatic rings. The second kappa shape index (κ2) is 7.04.